The average molecular weight is 359 g/mol. The van der Waals surface area contributed by atoms with Gasteiger partial charge in [0.25, 0.3) is 0 Å². The van der Waals surface area contributed by atoms with Crippen molar-refractivity contribution in [2.45, 2.75) is 52.6 Å². The van der Waals surface area contributed by atoms with Crippen LogP contribution >= 0.6 is 23.2 Å². The van der Waals surface area contributed by atoms with E-state index in [0.29, 0.717) is 28.6 Å². The van der Waals surface area contributed by atoms with Gasteiger partial charge in [-0.25, -0.2) is 0 Å². The van der Waals surface area contributed by atoms with Crippen LogP contribution in [0.5, 0.6) is 0 Å². The van der Waals surface area contributed by atoms with Crippen LogP contribution in [0.25, 0.3) is 0 Å². The summed E-state index contributed by atoms with van der Waals surface area (Å²) >= 11 is 12.4. The highest BCUT2D eigenvalue weighted by molar-refractivity contribution is 6.36. The summed E-state index contributed by atoms with van der Waals surface area (Å²) in [5.41, 5.74) is 0.658. The molecular weight excluding hydrogens is 335 g/mol. The van der Waals surface area contributed by atoms with Crippen LogP contribution in [0.3, 0.4) is 0 Å². The minimum atomic E-state index is -0.577. The van der Waals surface area contributed by atoms with Gasteiger partial charge in [0.15, 0.2) is 0 Å². The Morgan fingerprint density at radius 3 is 2.35 bits per heavy atom. The Labute approximate surface area is 148 Å². The first-order chi connectivity index (χ1) is 10.9. The molecule has 6 heteroatoms. The SMILES string of the molecule is CCCCNC(=O)[C@H](C)N(Cc1c(Cl)cccc1Cl)C(=O)CC. The molecule has 1 atom stereocenters. The van der Waals surface area contributed by atoms with Crippen molar-refractivity contribution in [2.24, 2.45) is 0 Å². The predicted octanol–water partition coefficient (Wildman–Crippen LogP) is 4.04. The monoisotopic (exact) mass is 358 g/mol. The van der Waals surface area contributed by atoms with Crippen LogP contribution < -0.4 is 5.32 Å². The number of rotatable bonds is 8. The highest BCUT2D eigenvalue weighted by atomic mass is 35.5. The molecule has 0 aromatic heterocycles. The largest absolute Gasteiger partial charge is 0.354 e. The maximum atomic E-state index is 12.3. The van der Waals surface area contributed by atoms with Crippen LogP contribution in [0.15, 0.2) is 18.2 Å². The van der Waals surface area contributed by atoms with Crippen LogP contribution in [0.1, 0.15) is 45.6 Å². The Kier molecular flexibility index (Phi) is 8.42. The summed E-state index contributed by atoms with van der Waals surface area (Å²) in [4.78, 5) is 26.1. The van der Waals surface area contributed by atoms with Gasteiger partial charge in [-0.05, 0) is 25.5 Å². The predicted molar refractivity (Wildman–Crippen MR) is 94.7 cm³/mol. The normalized spacial score (nSPS) is 11.9. The van der Waals surface area contributed by atoms with Gasteiger partial charge in [-0.3, -0.25) is 9.59 Å². The summed E-state index contributed by atoms with van der Waals surface area (Å²) in [5, 5.41) is 3.84. The van der Waals surface area contributed by atoms with Gasteiger partial charge in [0, 0.05) is 35.1 Å². The fourth-order valence-corrected chi connectivity index (χ4v) is 2.69. The Bertz CT molecular complexity index is 529. The molecule has 4 nitrogen and oxygen atoms in total. The van der Waals surface area contributed by atoms with Gasteiger partial charge in [0.2, 0.25) is 11.8 Å². The number of hydrogen-bond acceptors (Lipinski definition) is 2. The topological polar surface area (TPSA) is 49.4 Å². The third kappa shape index (κ3) is 5.70. The minimum Gasteiger partial charge on any atom is -0.354 e. The standard InChI is InChI=1S/C17H24Cl2N2O2/c1-4-6-10-20-17(23)12(3)21(16(22)5-2)11-13-14(18)8-7-9-15(13)19/h7-9,12H,4-6,10-11H2,1-3H3,(H,20,23)/t12-/m0/s1. The van der Waals surface area contributed by atoms with Gasteiger partial charge >= 0.3 is 0 Å². The number of halogens is 2. The molecule has 0 heterocycles. The van der Waals surface area contributed by atoms with E-state index in [-0.39, 0.29) is 18.4 Å². The zero-order chi connectivity index (χ0) is 17.4. The van der Waals surface area contributed by atoms with Crippen molar-refractivity contribution in [3.8, 4) is 0 Å². The van der Waals surface area contributed by atoms with E-state index in [9.17, 15) is 9.59 Å². The van der Waals surface area contributed by atoms with Crippen molar-refractivity contribution in [2.75, 3.05) is 6.54 Å². The lowest BCUT2D eigenvalue weighted by Crippen LogP contribution is -2.47. The van der Waals surface area contributed by atoms with E-state index < -0.39 is 6.04 Å². The molecular formula is C17H24Cl2N2O2. The van der Waals surface area contributed by atoms with Gasteiger partial charge in [-0.15, -0.1) is 0 Å². The number of amides is 2. The molecule has 128 valence electrons. The quantitative estimate of drug-likeness (QED) is 0.713. The number of benzene rings is 1. The van der Waals surface area contributed by atoms with Crippen molar-refractivity contribution in [1.82, 2.24) is 10.2 Å². The van der Waals surface area contributed by atoms with Crippen LogP contribution in [-0.2, 0) is 16.1 Å². The number of carbonyl (C=O) groups is 2. The van der Waals surface area contributed by atoms with E-state index in [1.54, 1.807) is 32.0 Å². The molecule has 0 aliphatic carbocycles. The second-order valence-corrected chi connectivity index (χ2v) is 6.21. The van der Waals surface area contributed by atoms with Crippen molar-refractivity contribution < 1.29 is 9.59 Å². The Morgan fingerprint density at radius 1 is 1.22 bits per heavy atom. The third-order valence-electron chi connectivity index (χ3n) is 3.69. The smallest absolute Gasteiger partial charge is 0.242 e. The molecule has 2 amide bonds. The average Bonchev–Trinajstić information content (AvgIpc) is 2.53. The second-order valence-electron chi connectivity index (χ2n) is 5.40. The first-order valence-corrected chi connectivity index (χ1v) is 8.68. The van der Waals surface area contributed by atoms with Crippen LogP contribution in [-0.4, -0.2) is 29.3 Å². The maximum Gasteiger partial charge on any atom is 0.242 e. The minimum absolute atomic E-state index is 0.112. The molecule has 0 saturated heterocycles. The second kappa shape index (κ2) is 9.78. The van der Waals surface area contributed by atoms with E-state index in [2.05, 4.69) is 12.2 Å². The van der Waals surface area contributed by atoms with E-state index in [4.69, 9.17) is 23.2 Å². The van der Waals surface area contributed by atoms with Crippen molar-refractivity contribution in [3.05, 3.63) is 33.8 Å². The van der Waals surface area contributed by atoms with Gasteiger partial charge in [-0.1, -0.05) is 49.5 Å². The summed E-state index contributed by atoms with van der Waals surface area (Å²) < 4.78 is 0. The Hall–Kier alpha value is -1.26. The molecule has 1 rings (SSSR count). The van der Waals surface area contributed by atoms with Crippen LogP contribution in [0.2, 0.25) is 10.0 Å². The van der Waals surface area contributed by atoms with Gasteiger partial charge < -0.3 is 10.2 Å². The summed E-state index contributed by atoms with van der Waals surface area (Å²) in [6.07, 6.45) is 2.23. The third-order valence-corrected chi connectivity index (χ3v) is 4.40. The molecule has 0 unspecified atom stereocenters. The molecule has 1 aromatic carbocycles. The maximum absolute atomic E-state index is 12.3. The highest BCUT2D eigenvalue weighted by Gasteiger charge is 2.26. The van der Waals surface area contributed by atoms with E-state index in [1.807, 2.05) is 0 Å². The van der Waals surface area contributed by atoms with Gasteiger partial charge in [-0.2, -0.15) is 0 Å². The number of nitrogens with one attached hydrogen (secondary N) is 1. The van der Waals surface area contributed by atoms with E-state index >= 15 is 0 Å². The summed E-state index contributed by atoms with van der Waals surface area (Å²) in [6, 6.07) is 4.62. The highest BCUT2D eigenvalue weighted by Crippen LogP contribution is 2.26. The van der Waals surface area contributed by atoms with E-state index in [1.165, 1.54) is 4.90 Å². The van der Waals surface area contributed by atoms with Gasteiger partial charge in [0.05, 0.1) is 0 Å². The van der Waals surface area contributed by atoms with Crippen molar-refractivity contribution >= 4 is 35.0 Å². The number of unbranched alkanes of at least 4 members (excludes halogenated alkanes) is 1. The van der Waals surface area contributed by atoms with Crippen molar-refractivity contribution in [3.63, 3.8) is 0 Å². The Morgan fingerprint density at radius 2 is 1.83 bits per heavy atom. The number of carbonyl (C=O) groups excluding carboxylic acids is 2. The number of nitrogens with zero attached hydrogens (tertiary/aromatic N) is 1. The summed E-state index contributed by atoms with van der Waals surface area (Å²) in [5.74, 6) is -0.275. The molecule has 0 saturated carbocycles. The lowest BCUT2D eigenvalue weighted by Gasteiger charge is -2.29. The molecule has 23 heavy (non-hydrogen) atoms. The lowest BCUT2D eigenvalue weighted by atomic mass is 10.1. The molecule has 0 aliphatic rings. The van der Waals surface area contributed by atoms with E-state index in [0.717, 1.165) is 12.8 Å². The first kappa shape index (κ1) is 19.8. The van der Waals surface area contributed by atoms with Crippen molar-refractivity contribution in [1.29, 1.82) is 0 Å². The molecule has 0 spiro atoms. The molecule has 1 N–H and O–H groups in total. The first-order valence-electron chi connectivity index (χ1n) is 7.92. The zero-order valence-electron chi connectivity index (χ0n) is 13.9. The molecule has 0 radical (unpaired) electrons. The molecule has 1 aromatic rings. The fourth-order valence-electron chi connectivity index (χ4n) is 2.18. The van der Waals surface area contributed by atoms with Crippen LogP contribution in [0, 0.1) is 0 Å². The summed E-state index contributed by atoms with van der Waals surface area (Å²) in [7, 11) is 0. The van der Waals surface area contributed by atoms with Gasteiger partial charge in [0.1, 0.15) is 6.04 Å². The molecule has 0 bridgehead atoms. The number of hydrogen-bond donors (Lipinski definition) is 1. The molecule has 0 aliphatic heterocycles. The molecule has 0 fully saturated rings. The summed E-state index contributed by atoms with van der Waals surface area (Å²) in [6.45, 7) is 6.38. The van der Waals surface area contributed by atoms with Crippen LogP contribution in [0.4, 0.5) is 0 Å². The zero-order valence-corrected chi connectivity index (χ0v) is 15.4. The Balaban J connectivity index is 2.92. The lowest BCUT2D eigenvalue weighted by molar-refractivity contribution is -0.140. The fraction of sp³-hybridized carbons (Fsp3) is 0.529.